The van der Waals surface area contributed by atoms with Gasteiger partial charge in [0.25, 0.3) is 11.8 Å². The summed E-state index contributed by atoms with van der Waals surface area (Å²) in [4.78, 5) is 27.6. The van der Waals surface area contributed by atoms with Gasteiger partial charge in [0.2, 0.25) is 5.75 Å². The standard InChI is InChI=1S/C27H31N3O5/c1-30(2)17-18-9-11-22(12-10-18)29-27(32)20-8-6-7-19(13-20)16-28-26(31)21-14-23(33-3)25(35-5)24(15-21)34-4/h6-15H,16-17H2,1-5H3,(H,28,31)(H,29,32). The van der Waals surface area contributed by atoms with Crippen LogP contribution in [0.15, 0.2) is 60.7 Å². The molecule has 35 heavy (non-hydrogen) atoms. The molecule has 0 atom stereocenters. The normalized spacial score (nSPS) is 10.6. The minimum atomic E-state index is -0.308. The van der Waals surface area contributed by atoms with Gasteiger partial charge < -0.3 is 29.7 Å². The second kappa shape index (κ2) is 11.9. The third-order valence-corrected chi connectivity index (χ3v) is 5.28. The molecule has 8 heteroatoms. The van der Waals surface area contributed by atoms with Crippen LogP contribution >= 0.6 is 0 Å². The molecule has 0 aliphatic carbocycles. The third kappa shape index (κ3) is 6.74. The minimum Gasteiger partial charge on any atom is -0.493 e. The lowest BCUT2D eigenvalue weighted by atomic mass is 10.1. The van der Waals surface area contributed by atoms with Gasteiger partial charge in [0.05, 0.1) is 21.3 Å². The second-order valence-electron chi connectivity index (χ2n) is 8.19. The van der Waals surface area contributed by atoms with Gasteiger partial charge in [-0.15, -0.1) is 0 Å². The van der Waals surface area contributed by atoms with E-state index in [0.29, 0.717) is 28.4 Å². The zero-order valence-electron chi connectivity index (χ0n) is 20.7. The molecule has 0 fully saturated rings. The Morgan fingerprint density at radius 1 is 0.771 bits per heavy atom. The Kier molecular flexibility index (Phi) is 8.69. The van der Waals surface area contributed by atoms with Crippen molar-refractivity contribution in [2.24, 2.45) is 0 Å². The molecule has 0 aliphatic rings. The largest absolute Gasteiger partial charge is 0.493 e. The monoisotopic (exact) mass is 477 g/mol. The van der Waals surface area contributed by atoms with Crippen LogP contribution in [0.2, 0.25) is 0 Å². The molecule has 0 radical (unpaired) electrons. The van der Waals surface area contributed by atoms with Gasteiger partial charge in [0.15, 0.2) is 11.5 Å². The van der Waals surface area contributed by atoms with Gasteiger partial charge in [0, 0.05) is 29.9 Å². The summed E-state index contributed by atoms with van der Waals surface area (Å²) in [5.74, 6) is 0.675. The number of hydrogen-bond acceptors (Lipinski definition) is 6. The molecular weight excluding hydrogens is 446 g/mol. The lowest BCUT2D eigenvalue weighted by molar-refractivity contribution is 0.0949. The average Bonchev–Trinajstić information content (AvgIpc) is 2.87. The molecule has 0 saturated carbocycles. The maximum atomic E-state index is 12.8. The van der Waals surface area contributed by atoms with Gasteiger partial charge >= 0.3 is 0 Å². The number of carbonyl (C=O) groups is 2. The van der Waals surface area contributed by atoms with Crippen LogP contribution in [0.3, 0.4) is 0 Å². The summed E-state index contributed by atoms with van der Waals surface area (Å²) in [7, 11) is 8.51. The first kappa shape index (κ1) is 25.6. The first-order valence-corrected chi connectivity index (χ1v) is 11.1. The summed E-state index contributed by atoms with van der Waals surface area (Å²) in [5, 5.41) is 5.78. The zero-order valence-corrected chi connectivity index (χ0v) is 20.7. The zero-order chi connectivity index (χ0) is 25.4. The maximum Gasteiger partial charge on any atom is 0.255 e. The number of amides is 2. The first-order valence-electron chi connectivity index (χ1n) is 11.1. The van der Waals surface area contributed by atoms with Crippen molar-refractivity contribution in [3.63, 3.8) is 0 Å². The topological polar surface area (TPSA) is 89.1 Å². The summed E-state index contributed by atoms with van der Waals surface area (Å²) in [6.45, 7) is 1.08. The first-order chi connectivity index (χ1) is 16.8. The molecule has 3 aromatic rings. The molecule has 2 amide bonds. The van der Waals surface area contributed by atoms with Gasteiger partial charge in [0.1, 0.15) is 0 Å². The van der Waals surface area contributed by atoms with Crippen molar-refractivity contribution in [2.75, 3.05) is 40.7 Å². The van der Waals surface area contributed by atoms with E-state index in [1.807, 2.05) is 44.4 Å². The fourth-order valence-electron chi connectivity index (χ4n) is 3.58. The van der Waals surface area contributed by atoms with Crippen molar-refractivity contribution >= 4 is 17.5 Å². The van der Waals surface area contributed by atoms with E-state index in [1.165, 1.54) is 21.3 Å². The highest BCUT2D eigenvalue weighted by Gasteiger charge is 2.17. The molecule has 184 valence electrons. The van der Waals surface area contributed by atoms with E-state index in [9.17, 15) is 9.59 Å². The highest BCUT2D eigenvalue weighted by Crippen LogP contribution is 2.38. The van der Waals surface area contributed by atoms with Crippen molar-refractivity contribution in [3.8, 4) is 17.2 Å². The Labute approximate surface area is 205 Å². The summed E-state index contributed by atoms with van der Waals surface area (Å²) >= 11 is 0. The van der Waals surface area contributed by atoms with Crippen molar-refractivity contribution in [1.82, 2.24) is 10.2 Å². The van der Waals surface area contributed by atoms with E-state index >= 15 is 0 Å². The van der Waals surface area contributed by atoms with Crippen LogP contribution in [0.25, 0.3) is 0 Å². The number of ether oxygens (including phenoxy) is 3. The Morgan fingerprint density at radius 3 is 2.00 bits per heavy atom. The van der Waals surface area contributed by atoms with E-state index in [4.69, 9.17) is 14.2 Å². The van der Waals surface area contributed by atoms with Crippen molar-refractivity contribution in [1.29, 1.82) is 0 Å². The van der Waals surface area contributed by atoms with Crippen LogP contribution in [0, 0.1) is 0 Å². The van der Waals surface area contributed by atoms with Gasteiger partial charge in [-0.25, -0.2) is 0 Å². The summed E-state index contributed by atoms with van der Waals surface area (Å²) in [5.41, 5.74) is 3.55. The molecule has 2 N–H and O–H groups in total. The smallest absolute Gasteiger partial charge is 0.255 e. The fraction of sp³-hybridized carbons (Fsp3) is 0.259. The molecule has 0 aliphatic heterocycles. The van der Waals surface area contributed by atoms with Crippen LogP contribution in [0.5, 0.6) is 17.2 Å². The Balaban J connectivity index is 1.65. The summed E-state index contributed by atoms with van der Waals surface area (Å²) in [6, 6.07) is 18.1. The van der Waals surface area contributed by atoms with Gasteiger partial charge in [-0.3, -0.25) is 9.59 Å². The number of hydrogen-bond donors (Lipinski definition) is 2. The highest BCUT2D eigenvalue weighted by molar-refractivity contribution is 6.04. The Morgan fingerprint density at radius 2 is 1.43 bits per heavy atom. The van der Waals surface area contributed by atoms with Crippen LogP contribution in [0.1, 0.15) is 31.8 Å². The molecular formula is C27H31N3O5. The second-order valence-corrected chi connectivity index (χ2v) is 8.19. The number of methoxy groups -OCH3 is 3. The summed E-state index contributed by atoms with van der Waals surface area (Å²) < 4.78 is 15.9. The Hall–Kier alpha value is -4.04. The third-order valence-electron chi connectivity index (χ3n) is 5.28. The van der Waals surface area contributed by atoms with Gasteiger partial charge in [-0.05, 0) is 61.6 Å². The molecule has 0 bridgehead atoms. The van der Waals surface area contributed by atoms with Crippen molar-refractivity contribution in [3.05, 3.63) is 82.9 Å². The molecule has 0 saturated heterocycles. The molecule has 8 nitrogen and oxygen atoms in total. The fourth-order valence-corrected chi connectivity index (χ4v) is 3.58. The van der Waals surface area contributed by atoms with Crippen LogP contribution < -0.4 is 24.8 Å². The average molecular weight is 478 g/mol. The van der Waals surface area contributed by atoms with Crippen molar-refractivity contribution < 1.29 is 23.8 Å². The van der Waals surface area contributed by atoms with Crippen LogP contribution in [0.4, 0.5) is 5.69 Å². The number of anilines is 1. The lowest BCUT2D eigenvalue weighted by Gasteiger charge is -2.14. The number of nitrogens with zero attached hydrogens (tertiary/aromatic N) is 1. The van der Waals surface area contributed by atoms with E-state index in [2.05, 4.69) is 15.5 Å². The van der Waals surface area contributed by atoms with Crippen LogP contribution in [-0.4, -0.2) is 52.1 Å². The number of benzene rings is 3. The van der Waals surface area contributed by atoms with Gasteiger partial charge in [-0.1, -0.05) is 24.3 Å². The van der Waals surface area contributed by atoms with E-state index in [1.54, 1.807) is 30.3 Å². The number of rotatable bonds is 10. The van der Waals surface area contributed by atoms with Gasteiger partial charge in [-0.2, -0.15) is 0 Å². The predicted octanol–water partition coefficient (Wildman–Crippen LogP) is 3.96. The number of carbonyl (C=O) groups excluding carboxylic acids is 2. The molecule has 0 aromatic heterocycles. The highest BCUT2D eigenvalue weighted by atomic mass is 16.5. The molecule has 0 unspecified atom stereocenters. The maximum absolute atomic E-state index is 12.8. The van der Waals surface area contributed by atoms with E-state index in [-0.39, 0.29) is 18.4 Å². The lowest BCUT2D eigenvalue weighted by Crippen LogP contribution is -2.23. The Bertz CT molecular complexity index is 1150. The molecule has 3 rings (SSSR count). The minimum absolute atomic E-state index is 0.219. The SMILES string of the molecule is COc1cc(C(=O)NCc2cccc(C(=O)Nc3ccc(CN(C)C)cc3)c2)cc(OC)c1OC. The molecule has 3 aromatic carbocycles. The molecule has 0 spiro atoms. The quantitative estimate of drug-likeness (QED) is 0.460. The van der Waals surface area contributed by atoms with E-state index < -0.39 is 0 Å². The van der Waals surface area contributed by atoms with E-state index in [0.717, 1.165) is 23.4 Å². The van der Waals surface area contributed by atoms with Crippen LogP contribution in [-0.2, 0) is 13.1 Å². The summed E-state index contributed by atoms with van der Waals surface area (Å²) in [6.07, 6.45) is 0. The van der Waals surface area contributed by atoms with Crippen molar-refractivity contribution in [2.45, 2.75) is 13.1 Å². The predicted molar refractivity (Wildman–Crippen MR) is 135 cm³/mol. The number of nitrogens with one attached hydrogen (secondary N) is 2. The molecule has 0 heterocycles.